The number of carbonyl (C=O) groups is 2. The number of hydrogen-bond donors (Lipinski definition) is 1. The molecule has 2 aromatic rings. The van der Waals surface area contributed by atoms with Crippen molar-refractivity contribution in [1.82, 2.24) is 4.57 Å². The number of nitrogens with zero attached hydrogens (tertiary/aromatic N) is 1. The van der Waals surface area contributed by atoms with Gasteiger partial charge in [0.25, 0.3) is 0 Å². The standard InChI is InChI=1S/C16H15NO3/c1-17-13(11-16(19)20)8-9-14(17)15(18)10-7-12-5-3-2-4-6-12/h2-10H,11H2,1H3,(H,19,20). The Morgan fingerprint density at radius 3 is 2.50 bits per heavy atom. The van der Waals surface area contributed by atoms with Crippen LogP contribution in [0.3, 0.4) is 0 Å². The molecule has 4 nitrogen and oxygen atoms in total. The number of rotatable bonds is 5. The van der Waals surface area contributed by atoms with Gasteiger partial charge in [-0.3, -0.25) is 9.59 Å². The summed E-state index contributed by atoms with van der Waals surface area (Å²) in [6.45, 7) is 0. The second-order valence-electron chi connectivity index (χ2n) is 4.45. The number of aliphatic carboxylic acids is 1. The zero-order valence-electron chi connectivity index (χ0n) is 11.1. The normalized spacial score (nSPS) is 10.8. The number of allylic oxidation sites excluding steroid dienone is 1. The molecule has 4 heteroatoms. The molecule has 2 rings (SSSR count). The lowest BCUT2D eigenvalue weighted by atomic mass is 10.2. The van der Waals surface area contributed by atoms with Crippen molar-refractivity contribution in [3.8, 4) is 0 Å². The molecule has 20 heavy (non-hydrogen) atoms. The Labute approximate surface area is 117 Å². The molecule has 1 heterocycles. The van der Waals surface area contributed by atoms with E-state index in [9.17, 15) is 9.59 Å². The molecule has 0 aliphatic carbocycles. The summed E-state index contributed by atoms with van der Waals surface area (Å²) in [6, 6.07) is 12.8. The van der Waals surface area contributed by atoms with Crippen LogP contribution in [0.25, 0.3) is 6.08 Å². The highest BCUT2D eigenvalue weighted by molar-refractivity contribution is 6.05. The summed E-state index contributed by atoms with van der Waals surface area (Å²) in [5.41, 5.74) is 2.03. The van der Waals surface area contributed by atoms with Crippen LogP contribution in [0.1, 0.15) is 21.7 Å². The Morgan fingerprint density at radius 2 is 1.85 bits per heavy atom. The predicted octanol–water partition coefficient (Wildman–Crippen LogP) is 2.55. The lowest BCUT2D eigenvalue weighted by Crippen LogP contribution is -2.09. The molecule has 0 radical (unpaired) electrons. The Kier molecular flexibility index (Phi) is 4.15. The maximum atomic E-state index is 12.1. The van der Waals surface area contributed by atoms with Crippen molar-refractivity contribution < 1.29 is 14.7 Å². The fourth-order valence-corrected chi connectivity index (χ4v) is 1.95. The molecule has 0 atom stereocenters. The van der Waals surface area contributed by atoms with E-state index >= 15 is 0 Å². The molecule has 0 bridgehead atoms. The third-order valence-corrected chi connectivity index (χ3v) is 3.04. The van der Waals surface area contributed by atoms with Crippen LogP contribution in [0.15, 0.2) is 48.5 Å². The van der Waals surface area contributed by atoms with Crippen molar-refractivity contribution in [2.75, 3.05) is 0 Å². The van der Waals surface area contributed by atoms with Crippen molar-refractivity contribution in [3.63, 3.8) is 0 Å². The number of carboxylic acid groups (broad SMARTS) is 1. The lowest BCUT2D eigenvalue weighted by molar-refractivity contribution is -0.136. The van der Waals surface area contributed by atoms with Crippen LogP contribution in [0.5, 0.6) is 0 Å². The zero-order chi connectivity index (χ0) is 14.5. The van der Waals surface area contributed by atoms with Gasteiger partial charge >= 0.3 is 5.97 Å². The Balaban J connectivity index is 2.16. The first kappa shape index (κ1) is 13.8. The Hall–Kier alpha value is -2.62. The zero-order valence-corrected chi connectivity index (χ0v) is 11.1. The molecule has 1 aromatic heterocycles. The van der Waals surface area contributed by atoms with Crippen molar-refractivity contribution >= 4 is 17.8 Å². The first-order chi connectivity index (χ1) is 9.58. The van der Waals surface area contributed by atoms with Gasteiger partial charge in [-0.2, -0.15) is 0 Å². The summed E-state index contributed by atoms with van der Waals surface area (Å²) in [5.74, 6) is -1.06. The summed E-state index contributed by atoms with van der Waals surface area (Å²) < 4.78 is 1.62. The highest BCUT2D eigenvalue weighted by atomic mass is 16.4. The van der Waals surface area contributed by atoms with Crippen LogP contribution in [-0.2, 0) is 18.3 Å². The maximum absolute atomic E-state index is 12.1. The van der Waals surface area contributed by atoms with E-state index in [2.05, 4.69) is 0 Å². The second kappa shape index (κ2) is 6.02. The van der Waals surface area contributed by atoms with Crippen molar-refractivity contribution in [1.29, 1.82) is 0 Å². The smallest absolute Gasteiger partial charge is 0.309 e. The Morgan fingerprint density at radius 1 is 1.15 bits per heavy atom. The number of benzene rings is 1. The van der Waals surface area contributed by atoms with Gasteiger partial charge in [0.15, 0.2) is 0 Å². The maximum Gasteiger partial charge on any atom is 0.309 e. The number of carbonyl (C=O) groups excluding carboxylic acids is 1. The summed E-state index contributed by atoms with van der Waals surface area (Å²) in [6.07, 6.45) is 3.15. The topological polar surface area (TPSA) is 59.3 Å². The molecule has 0 fully saturated rings. The fourth-order valence-electron chi connectivity index (χ4n) is 1.95. The first-order valence-corrected chi connectivity index (χ1v) is 6.22. The fraction of sp³-hybridized carbons (Fsp3) is 0.125. The lowest BCUT2D eigenvalue weighted by Gasteiger charge is -2.03. The van der Waals surface area contributed by atoms with Gasteiger partial charge in [0, 0.05) is 12.7 Å². The van der Waals surface area contributed by atoms with E-state index in [1.54, 1.807) is 29.8 Å². The highest BCUT2D eigenvalue weighted by Gasteiger charge is 2.12. The van der Waals surface area contributed by atoms with E-state index in [1.165, 1.54) is 6.08 Å². The van der Waals surface area contributed by atoms with Gasteiger partial charge in [-0.1, -0.05) is 36.4 Å². The monoisotopic (exact) mass is 269 g/mol. The molecule has 102 valence electrons. The number of hydrogen-bond acceptors (Lipinski definition) is 2. The minimum absolute atomic E-state index is 0.0911. The van der Waals surface area contributed by atoms with Crippen LogP contribution in [0.2, 0.25) is 0 Å². The molecule has 0 saturated heterocycles. The van der Waals surface area contributed by atoms with E-state index in [0.717, 1.165) is 5.56 Å². The molecule has 0 aliphatic rings. The number of aromatic nitrogens is 1. The van der Waals surface area contributed by atoms with E-state index < -0.39 is 5.97 Å². The van der Waals surface area contributed by atoms with E-state index in [1.807, 2.05) is 30.3 Å². The summed E-state index contributed by atoms with van der Waals surface area (Å²) in [4.78, 5) is 22.8. The summed E-state index contributed by atoms with van der Waals surface area (Å²) in [5, 5.41) is 8.78. The third kappa shape index (κ3) is 3.23. The van der Waals surface area contributed by atoms with Crippen LogP contribution in [0.4, 0.5) is 0 Å². The van der Waals surface area contributed by atoms with Crippen molar-refractivity contribution in [2.45, 2.75) is 6.42 Å². The Bertz CT molecular complexity index is 654. The van der Waals surface area contributed by atoms with E-state index in [4.69, 9.17) is 5.11 Å². The third-order valence-electron chi connectivity index (χ3n) is 3.04. The average Bonchev–Trinajstić information content (AvgIpc) is 2.78. The van der Waals surface area contributed by atoms with Crippen LogP contribution < -0.4 is 0 Å². The molecule has 1 aromatic carbocycles. The molecule has 0 unspecified atom stereocenters. The van der Waals surface area contributed by atoms with Gasteiger partial charge < -0.3 is 9.67 Å². The first-order valence-electron chi connectivity index (χ1n) is 6.22. The number of carboxylic acids is 1. The molecule has 0 amide bonds. The van der Waals surface area contributed by atoms with Gasteiger partial charge in [0.1, 0.15) is 0 Å². The summed E-state index contributed by atoms with van der Waals surface area (Å²) in [7, 11) is 1.70. The minimum Gasteiger partial charge on any atom is -0.481 e. The van der Waals surface area contributed by atoms with Crippen LogP contribution >= 0.6 is 0 Å². The minimum atomic E-state index is -0.912. The highest BCUT2D eigenvalue weighted by Crippen LogP contribution is 2.11. The van der Waals surface area contributed by atoms with E-state index in [0.29, 0.717) is 11.4 Å². The van der Waals surface area contributed by atoms with Gasteiger partial charge in [0.2, 0.25) is 5.78 Å². The van der Waals surface area contributed by atoms with Gasteiger partial charge in [-0.15, -0.1) is 0 Å². The predicted molar refractivity (Wildman–Crippen MR) is 76.6 cm³/mol. The largest absolute Gasteiger partial charge is 0.481 e. The van der Waals surface area contributed by atoms with Crippen LogP contribution in [-0.4, -0.2) is 21.4 Å². The quantitative estimate of drug-likeness (QED) is 0.670. The van der Waals surface area contributed by atoms with Crippen molar-refractivity contribution in [2.24, 2.45) is 7.05 Å². The van der Waals surface area contributed by atoms with Crippen molar-refractivity contribution in [3.05, 3.63) is 65.5 Å². The molecule has 0 spiro atoms. The van der Waals surface area contributed by atoms with Crippen LogP contribution in [0, 0.1) is 0 Å². The van der Waals surface area contributed by atoms with Gasteiger partial charge in [-0.25, -0.2) is 0 Å². The second-order valence-corrected chi connectivity index (χ2v) is 4.45. The van der Waals surface area contributed by atoms with E-state index in [-0.39, 0.29) is 12.2 Å². The van der Waals surface area contributed by atoms with Gasteiger partial charge in [-0.05, 0) is 23.8 Å². The molecular formula is C16H15NO3. The SMILES string of the molecule is Cn1c(CC(=O)O)ccc1C(=O)C=Cc1ccccc1. The average molecular weight is 269 g/mol. The molecule has 0 saturated carbocycles. The van der Waals surface area contributed by atoms with Gasteiger partial charge in [0.05, 0.1) is 12.1 Å². The molecular weight excluding hydrogens is 254 g/mol. The number of ketones is 1. The summed E-state index contributed by atoms with van der Waals surface area (Å²) >= 11 is 0. The molecule has 1 N–H and O–H groups in total. The molecule has 0 aliphatic heterocycles.